The van der Waals surface area contributed by atoms with Crippen LogP contribution in [0.15, 0.2) is 24.3 Å². The fourth-order valence-corrected chi connectivity index (χ4v) is 1.90. The fraction of sp³-hybridized carbons (Fsp3) is 0.357. The number of hydrogen-bond acceptors (Lipinski definition) is 5. The molecule has 0 aromatic heterocycles. The molecule has 0 unspecified atom stereocenters. The quantitative estimate of drug-likeness (QED) is 0.575. The lowest BCUT2D eigenvalue weighted by atomic mass is 9.98. The van der Waals surface area contributed by atoms with E-state index in [0.717, 1.165) is 0 Å². The number of nitrogens with zero attached hydrogens (tertiary/aromatic N) is 2. The van der Waals surface area contributed by atoms with Crippen LogP contribution in [-0.4, -0.2) is 27.9 Å². The molecule has 8 heteroatoms. The molecule has 0 bridgehead atoms. The van der Waals surface area contributed by atoms with Gasteiger partial charge >= 0.3 is 5.97 Å². The number of hydrogen-bond donors (Lipinski definition) is 2. The Morgan fingerprint density at radius 3 is 2.73 bits per heavy atom. The number of rotatable bonds is 7. The van der Waals surface area contributed by atoms with Gasteiger partial charge in [-0.15, -0.1) is 0 Å². The minimum absolute atomic E-state index is 0.00590. The van der Waals surface area contributed by atoms with Crippen LogP contribution in [0.4, 0.5) is 5.69 Å². The maximum atomic E-state index is 11.9. The molecular formula is C14H15N3O5. The van der Waals surface area contributed by atoms with E-state index in [-0.39, 0.29) is 18.5 Å². The zero-order chi connectivity index (χ0) is 16.7. The van der Waals surface area contributed by atoms with E-state index >= 15 is 0 Å². The monoisotopic (exact) mass is 305 g/mol. The Labute approximate surface area is 126 Å². The topological polar surface area (TPSA) is 133 Å². The molecule has 0 radical (unpaired) electrons. The zero-order valence-electron chi connectivity index (χ0n) is 11.9. The van der Waals surface area contributed by atoms with E-state index in [0.29, 0.717) is 5.56 Å². The molecule has 8 nitrogen and oxygen atoms in total. The van der Waals surface area contributed by atoms with E-state index in [4.69, 9.17) is 10.4 Å². The summed E-state index contributed by atoms with van der Waals surface area (Å²) in [6.45, 7) is 1.55. The number of carbonyl (C=O) groups excluding carboxylic acids is 1. The van der Waals surface area contributed by atoms with Crippen molar-refractivity contribution in [3.63, 3.8) is 0 Å². The van der Waals surface area contributed by atoms with Crippen molar-refractivity contribution in [3.05, 3.63) is 39.9 Å². The van der Waals surface area contributed by atoms with E-state index in [1.165, 1.54) is 18.2 Å². The summed E-state index contributed by atoms with van der Waals surface area (Å²) in [5.41, 5.74) is 0.265. The lowest BCUT2D eigenvalue weighted by Gasteiger charge is -2.19. The van der Waals surface area contributed by atoms with Crippen molar-refractivity contribution < 1.29 is 19.6 Å². The summed E-state index contributed by atoms with van der Waals surface area (Å²) >= 11 is 0. The third-order valence-corrected chi connectivity index (χ3v) is 3.05. The molecule has 0 saturated carbocycles. The van der Waals surface area contributed by atoms with E-state index in [9.17, 15) is 19.7 Å². The van der Waals surface area contributed by atoms with Crippen LogP contribution in [0.5, 0.6) is 0 Å². The number of nitro benzene ring substituents is 1. The number of nitriles is 1. The highest BCUT2D eigenvalue weighted by molar-refractivity contribution is 5.85. The smallest absolute Gasteiger partial charge is 0.326 e. The van der Waals surface area contributed by atoms with Crippen LogP contribution in [0.2, 0.25) is 0 Å². The molecule has 1 aromatic rings. The number of non-ortho nitro benzene ring substituents is 1. The zero-order valence-corrected chi connectivity index (χ0v) is 11.9. The Morgan fingerprint density at radius 2 is 2.18 bits per heavy atom. The second-order valence-corrected chi connectivity index (χ2v) is 4.83. The summed E-state index contributed by atoms with van der Waals surface area (Å²) in [4.78, 5) is 33.1. The molecule has 116 valence electrons. The lowest BCUT2D eigenvalue weighted by molar-refractivity contribution is -0.384. The van der Waals surface area contributed by atoms with Gasteiger partial charge in [-0.25, -0.2) is 4.79 Å². The van der Waals surface area contributed by atoms with Crippen molar-refractivity contribution in [1.29, 1.82) is 5.26 Å². The van der Waals surface area contributed by atoms with Crippen molar-refractivity contribution in [2.45, 2.75) is 25.8 Å². The van der Waals surface area contributed by atoms with Gasteiger partial charge in [0.2, 0.25) is 5.91 Å². The Bertz CT molecular complexity index is 623. The Morgan fingerprint density at radius 1 is 1.50 bits per heavy atom. The number of benzene rings is 1. The first kappa shape index (κ1) is 17.1. The van der Waals surface area contributed by atoms with Crippen molar-refractivity contribution in [3.8, 4) is 6.07 Å². The highest BCUT2D eigenvalue weighted by atomic mass is 16.6. The summed E-state index contributed by atoms with van der Waals surface area (Å²) in [6.07, 6.45) is -0.182. The van der Waals surface area contributed by atoms with Crippen molar-refractivity contribution in [1.82, 2.24) is 5.32 Å². The predicted molar refractivity (Wildman–Crippen MR) is 75.8 cm³/mol. The minimum atomic E-state index is -1.23. The molecule has 0 spiro atoms. The maximum absolute atomic E-state index is 11.9. The highest BCUT2D eigenvalue weighted by Crippen LogP contribution is 2.14. The number of carbonyl (C=O) groups is 2. The van der Waals surface area contributed by atoms with Gasteiger partial charge in [0.05, 0.1) is 17.4 Å². The standard InChI is InChI=1S/C14H15N3O5/c1-9(5-6-15)13(14(19)20)16-12(18)8-10-3-2-4-11(7-10)17(21)22/h2-4,7,9,13H,5,8H2,1H3,(H,16,18)(H,19,20)/t9-,13+/m1/s1. The Hall–Kier alpha value is -2.95. The molecule has 0 saturated heterocycles. The predicted octanol–water partition coefficient (Wildman–Crippen LogP) is 1.26. The number of nitro groups is 1. The van der Waals surface area contributed by atoms with Crippen LogP contribution in [-0.2, 0) is 16.0 Å². The second kappa shape index (κ2) is 7.73. The number of carboxylic acids is 1. The SMILES string of the molecule is C[C@H](CC#N)[C@H](NC(=O)Cc1cccc([N+](=O)[O-])c1)C(=O)O. The van der Waals surface area contributed by atoms with E-state index in [2.05, 4.69) is 5.32 Å². The van der Waals surface area contributed by atoms with E-state index in [1.54, 1.807) is 13.0 Å². The first-order valence-corrected chi connectivity index (χ1v) is 6.47. The summed E-state index contributed by atoms with van der Waals surface area (Å²) < 4.78 is 0. The summed E-state index contributed by atoms with van der Waals surface area (Å²) in [5.74, 6) is -2.34. The van der Waals surface area contributed by atoms with Gasteiger partial charge in [0.25, 0.3) is 5.69 Å². The van der Waals surface area contributed by atoms with Gasteiger partial charge in [-0.05, 0) is 5.56 Å². The summed E-state index contributed by atoms with van der Waals surface area (Å²) in [7, 11) is 0. The molecule has 0 heterocycles. The molecule has 22 heavy (non-hydrogen) atoms. The number of aliphatic carboxylic acids is 1. The number of carboxylic acid groups (broad SMARTS) is 1. The van der Waals surface area contributed by atoms with Crippen molar-refractivity contribution >= 4 is 17.6 Å². The molecule has 1 rings (SSSR count). The van der Waals surface area contributed by atoms with Crippen LogP contribution >= 0.6 is 0 Å². The average molecular weight is 305 g/mol. The molecule has 0 aliphatic heterocycles. The molecule has 0 fully saturated rings. The Balaban J connectivity index is 2.76. The first-order chi connectivity index (χ1) is 10.3. The third-order valence-electron chi connectivity index (χ3n) is 3.05. The van der Waals surface area contributed by atoms with Crippen molar-refractivity contribution in [2.24, 2.45) is 5.92 Å². The number of amides is 1. The third kappa shape index (κ3) is 4.86. The van der Waals surface area contributed by atoms with Crippen LogP contribution in [0.25, 0.3) is 0 Å². The summed E-state index contributed by atoms with van der Waals surface area (Å²) in [6, 6.07) is 6.24. The second-order valence-electron chi connectivity index (χ2n) is 4.83. The van der Waals surface area contributed by atoms with Gasteiger partial charge in [-0.1, -0.05) is 19.1 Å². The minimum Gasteiger partial charge on any atom is -0.480 e. The summed E-state index contributed by atoms with van der Waals surface area (Å²) in [5, 5.41) is 30.7. The van der Waals surface area contributed by atoms with Crippen LogP contribution in [0.1, 0.15) is 18.9 Å². The molecule has 2 atom stereocenters. The molecule has 0 aliphatic carbocycles. The fourth-order valence-electron chi connectivity index (χ4n) is 1.90. The van der Waals surface area contributed by atoms with Crippen molar-refractivity contribution in [2.75, 3.05) is 0 Å². The van der Waals surface area contributed by atoms with Gasteiger partial charge in [-0.2, -0.15) is 5.26 Å². The highest BCUT2D eigenvalue weighted by Gasteiger charge is 2.26. The van der Waals surface area contributed by atoms with Gasteiger partial charge in [0.1, 0.15) is 6.04 Å². The van der Waals surface area contributed by atoms with Gasteiger partial charge in [-0.3, -0.25) is 14.9 Å². The molecule has 1 amide bonds. The molecule has 1 aromatic carbocycles. The first-order valence-electron chi connectivity index (χ1n) is 6.47. The van der Waals surface area contributed by atoms with Crippen LogP contribution < -0.4 is 5.32 Å². The van der Waals surface area contributed by atoms with E-state index in [1.807, 2.05) is 6.07 Å². The van der Waals surface area contributed by atoms with Gasteiger partial charge < -0.3 is 10.4 Å². The number of nitrogens with one attached hydrogen (secondary N) is 1. The normalized spacial score (nSPS) is 12.7. The molecule has 2 N–H and O–H groups in total. The van der Waals surface area contributed by atoms with Crippen LogP contribution in [0, 0.1) is 27.4 Å². The average Bonchev–Trinajstić information content (AvgIpc) is 2.44. The van der Waals surface area contributed by atoms with Gasteiger partial charge in [0.15, 0.2) is 0 Å². The lowest BCUT2D eigenvalue weighted by Crippen LogP contribution is -2.45. The molecule has 0 aliphatic rings. The largest absolute Gasteiger partial charge is 0.480 e. The Kier molecular flexibility index (Phi) is 6.01. The molecular weight excluding hydrogens is 290 g/mol. The van der Waals surface area contributed by atoms with Crippen LogP contribution in [0.3, 0.4) is 0 Å². The van der Waals surface area contributed by atoms with E-state index < -0.39 is 28.8 Å². The van der Waals surface area contributed by atoms with Gasteiger partial charge in [0, 0.05) is 24.5 Å². The maximum Gasteiger partial charge on any atom is 0.326 e.